The summed E-state index contributed by atoms with van der Waals surface area (Å²) in [6.07, 6.45) is 0. The molecule has 0 aliphatic rings. The monoisotopic (exact) mass is 230 g/mol. The number of hydrogen-bond acceptors (Lipinski definition) is 2. The van der Waals surface area contributed by atoms with Gasteiger partial charge in [-0.2, -0.15) is 0 Å². The van der Waals surface area contributed by atoms with Crippen molar-refractivity contribution in [2.45, 2.75) is 0 Å². The molecule has 0 fully saturated rings. The summed E-state index contributed by atoms with van der Waals surface area (Å²) in [6, 6.07) is 0. The van der Waals surface area contributed by atoms with Crippen LogP contribution in [-0.4, -0.2) is 0 Å². The zero-order chi connectivity index (χ0) is 4.00. The predicted molar refractivity (Wildman–Crippen MR) is 15.2 cm³/mol. The molecule has 0 bridgehead atoms. The molecule has 0 atom stereocenters. The molecule has 4 heteroatoms. The summed E-state index contributed by atoms with van der Waals surface area (Å²) in [6.45, 7) is 0. The van der Waals surface area contributed by atoms with E-state index in [2.05, 4.69) is 53.5 Å². The summed E-state index contributed by atoms with van der Waals surface area (Å²) in [7, 11) is 7.66. The van der Waals surface area contributed by atoms with Crippen LogP contribution >= 0.6 is 20.2 Å². The van der Waals surface area contributed by atoms with Gasteiger partial charge in [-0.25, -0.2) is 0 Å². The van der Waals surface area contributed by atoms with Crippen molar-refractivity contribution in [2.75, 3.05) is 0 Å². The summed E-state index contributed by atoms with van der Waals surface area (Å²) in [5.41, 5.74) is 0. The van der Waals surface area contributed by atoms with Crippen molar-refractivity contribution < 1.29 is 33.3 Å². The van der Waals surface area contributed by atoms with E-state index >= 15 is 0 Å². The second-order valence-electron chi connectivity index (χ2n) is 0. The molecule has 0 aromatic rings. The Morgan fingerprint density at radius 2 is 1.25 bits per heavy atom. The van der Waals surface area contributed by atoms with Crippen LogP contribution in [0.1, 0.15) is 0 Å². The molecule has 0 N–H and O–H groups in total. The third-order valence-corrected chi connectivity index (χ3v) is 0. The van der Waals surface area contributed by atoms with Crippen LogP contribution in [-0.2, 0) is 33.3 Å². The van der Waals surface area contributed by atoms with Gasteiger partial charge in [0.15, 0.2) is 0 Å². The van der Waals surface area contributed by atoms with Crippen molar-refractivity contribution in [1.82, 2.24) is 0 Å². The molecule has 0 nitrogen and oxygen atoms in total. The van der Waals surface area contributed by atoms with E-state index in [1.807, 2.05) is 0 Å². The molecule has 0 unspecified atom stereocenters. The third-order valence-electron chi connectivity index (χ3n) is 0. The van der Waals surface area contributed by atoms with E-state index in [0.29, 0.717) is 0 Å². The van der Waals surface area contributed by atoms with E-state index in [1.165, 1.54) is 0 Å². The van der Waals surface area contributed by atoms with Crippen LogP contribution in [0.5, 0.6) is 0 Å². The van der Waals surface area contributed by atoms with Crippen molar-refractivity contribution in [3.63, 3.8) is 0 Å². The molecule has 0 spiro atoms. The Bertz CT molecular complexity index is 8.00. The van der Waals surface area contributed by atoms with Crippen LogP contribution in [0.4, 0.5) is 0 Å². The van der Waals surface area contributed by atoms with Gasteiger partial charge in [0.2, 0.25) is 0 Å². The fraction of sp³-hybridized carbons (Fsp3) is 0. The van der Waals surface area contributed by atoms with E-state index in [9.17, 15) is 0 Å². The van der Waals surface area contributed by atoms with E-state index < -0.39 is 0 Å². The van der Waals surface area contributed by atoms with E-state index in [1.54, 1.807) is 0 Å². The maximum absolute atomic E-state index is 3.89. The van der Waals surface area contributed by atoms with Gasteiger partial charge in [0, 0.05) is 0 Å². The second-order valence-corrected chi connectivity index (χ2v) is 0. The van der Waals surface area contributed by atoms with Gasteiger partial charge in [0.1, 0.15) is 0 Å². The predicted octanol–water partition coefficient (Wildman–Crippen LogP) is 1.29. The number of hydrogen-bond donors (Lipinski definition) is 0. The minimum absolute atomic E-state index is 2.53. The van der Waals surface area contributed by atoms with Gasteiger partial charge in [0.05, 0.1) is 0 Å². The normalized spacial score (nSPS) is 2.75. The minimum atomic E-state index is 2.53. The Balaban J connectivity index is 0. The Morgan fingerprint density at radius 1 is 1.25 bits per heavy atom. The van der Waals surface area contributed by atoms with E-state index in [4.69, 9.17) is 0 Å². The van der Waals surface area contributed by atoms with Crippen LogP contribution in [0.3, 0.4) is 0 Å². The fourth-order valence-corrected chi connectivity index (χ4v) is 0. The van der Waals surface area contributed by atoms with Gasteiger partial charge in [-0.1, -0.05) is 0 Å². The van der Waals surface area contributed by atoms with Crippen LogP contribution in [0, 0.1) is 0 Å². The van der Waals surface area contributed by atoms with E-state index in [-0.39, 0.29) is 0 Å². The summed E-state index contributed by atoms with van der Waals surface area (Å²) in [4.78, 5) is 0. The van der Waals surface area contributed by atoms with Gasteiger partial charge in [0.25, 0.3) is 0 Å². The maximum atomic E-state index is 3.89. The van der Waals surface area contributed by atoms with E-state index in [0.717, 1.165) is 0 Å². The first kappa shape index (κ1) is 9.19. The van der Waals surface area contributed by atoms with Crippen molar-refractivity contribution >= 4 is 20.2 Å². The molecule has 0 aromatic carbocycles. The summed E-state index contributed by atoms with van der Waals surface area (Å²) in [5, 5.41) is 0. The van der Waals surface area contributed by atoms with Crippen molar-refractivity contribution in [3.8, 4) is 0 Å². The standard InChI is InChI=1S/Ag.Co.2S. The molecule has 0 aromatic heterocycles. The van der Waals surface area contributed by atoms with Crippen molar-refractivity contribution in [3.05, 3.63) is 0 Å². The first-order chi connectivity index (χ1) is 2.00. The van der Waals surface area contributed by atoms with Crippen molar-refractivity contribution in [2.24, 2.45) is 0 Å². The second kappa shape index (κ2) is 22.4. The summed E-state index contributed by atoms with van der Waals surface area (Å²) < 4.78 is 0. The van der Waals surface area contributed by atoms with Gasteiger partial charge in [-0.3, -0.25) is 0 Å². The zero-order valence-corrected chi connectivity index (χ0v) is 5.61. The first-order valence-electron chi connectivity index (χ1n) is 0.259. The zero-order valence-electron chi connectivity index (χ0n) is 1.45. The SMILES string of the molecule is [S]=[Ag].[S]=[Co]. The molecule has 0 saturated heterocycles. The van der Waals surface area contributed by atoms with Gasteiger partial charge in [-0.05, 0) is 0 Å². The van der Waals surface area contributed by atoms with Crippen LogP contribution in [0.25, 0.3) is 0 Å². The fourth-order valence-electron chi connectivity index (χ4n) is 0. The quantitative estimate of drug-likeness (QED) is 0.576. The molecular formula is AgCoS2. The molecule has 32 valence electrons. The number of rotatable bonds is 0. The molecule has 0 heterocycles. The Hall–Kier alpha value is 1.69. The van der Waals surface area contributed by atoms with Crippen LogP contribution in [0.2, 0.25) is 0 Å². The molecule has 4 heavy (non-hydrogen) atoms. The molecule has 0 rings (SSSR count). The first-order valence-corrected chi connectivity index (χ1v) is 3.87. The summed E-state index contributed by atoms with van der Waals surface area (Å²) in [5.74, 6) is 0. The Labute approximate surface area is 53.1 Å². The molecule has 0 aliphatic heterocycles. The van der Waals surface area contributed by atoms with Gasteiger partial charge < -0.3 is 0 Å². The van der Waals surface area contributed by atoms with Crippen LogP contribution in [0.15, 0.2) is 0 Å². The van der Waals surface area contributed by atoms with Crippen molar-refractivity contribution in [1.29, 1.82) is 0 Å². The average Bonchev–Trinajstić information content (AvgIpc) is 1.50. The molecular weight excluding hydrogens is 231 g/mol. The van der Waals surface area contributed by atoms with Gasteiger partial charge >= 0.3 is 53.5 Å². The van der Waals surface area contributed by atoms with Crippen LogP contribution < -0.4 is 0 Å². The Kier molecular flexibility index (Phi) is 51.4. The third kappa shape index (κ3) is 9.35. The topological polar surface area (TPSA) is 0 Å². The average molecular weight is 231 g/mol. The molecule has 0 radical (unpaired) electrons. The molecule has 0 aliphatic carbocycles. The molecule has 0 amide bonds. The summed E-state index contributed by atoms with van der Waals surface area (Å²) >= 11 is 5.68. The van der Waals surface area contributed by atoms with Gasteiger partial charge in [-0.15, -0.1) is 0 Å². The Morgan fingerprint density at radius 3 is 1.25 bits per heavy atom. The molecule has 0 saturated carbocycles.